The Balaban J connectivity index is 1.34. The Morgan fingerprint density at radius 3 is 1.38 bits per heavy atom. The summed E-state index contributed by atoms with van der Waals surface area (Å²) < 4.78 is 22.4. The Morgan fingerprint density at radius 1 is 0.500 bits per heavy atom. The molecule has 0 aliphatic rings. The van der Waals surface area contributed by atoms with Crippen LogP contribution in [-0.2, 0) is 9.59 Å². The van der Waals surface area contributed by atoms with E-state index in [1.54, 1.807) is 36.4 Å². The summed E-state index contributed by atoms with van der Waals surface area (Å²) in [6.07, 6.45) is 0. The van der Waals surface area contributed by atoms with Crippen LogP contribution in [0.4, 0.5) is 0 Å². The molecule has 0 spiro atoms. The monoisotopic (exact) mass is 422 g/mol. The van der Waals surface area contributed by atoms with E-state index in [2.05, 4.69) is 0 Å². The zero-order valence-electron chi connectivity index (χ0n) is 16.5. The highest BCUT2D eigenvalue weighted by molar-refractivity contribution is 6.31. The minimum atomic E-state index is -1.13. The Morgan fingerprint density at radius 2 is 0.906 bits per heavy atom. The number of esters is 2. The van der Waals surface area contributed by atoms with Crippen LogP contribution in [0, 0.1) is 0 Å². The fraction of sp³-hybridized carbons (Fsp3) is 0. The summed E-state index contributed by atoms with van der Waals surface area (Å²) in [5.74, 6) is -1.82. The number of hydrogen-bond donors (Lipinski definition) is 0. The van der Waals surface area contributed by atoms with Gasteiger partial charge >= 0.3 is 11.9 Å². The van der Waals surface area contributed by atoms with Gasteiger partial charge < -0.3 is 18.3 Å². The molecule has 0 amide bonds. The predicted molar refractivity (Wildman–Crippen MR) is 119 cm³/mol. The van der Waals surface area contributed by atoms with Crippen molar-refractivity contribution in [1.29, 1.82) is 0 Å². The number of rotatable bonds is 2. The first-order valence-electron chi connectivity index (χ1n) is 9.93. The number of carbonyl (C=O) groups is 2. The maximum atomic E-state index is 12.6. The van der Waals surface area contributed by atoms with E-state index < -0.39 is 11.9 Å². The number of ether oxygens (including phenoxy) is 2. The second-order valence-corrected chi connectivity index (χ2v) is 7.23. The van der Waals surface area contributed by atoms with Crippen LogP contribution < -0.4 is 9.47 Å². The quantitative estimate of drug-likeness (QED) is 0.194. The van der Waals surface area contributed by atoms with E-state index in [1.165, 1.54) is 0 Å². The molecule has 0 unspecified atom stereocenters. The van der Waals surface area contributed by atoms with Crippen LogP contribution in [0.25, 0.3) is 43.9 Å². The van der Waals surface area contributed by atoms with Gasteiger partial charge in [-0.3, -0.25) is 0 Å². The Kier molecular flexibility index (Phi) is 3.98. The summed E-state index contributed by atoms with van der Waals surface area (Å²) in [4.78, 5) is 25.2. The van der Waals surface area contributed by atoms with Crippen molar-refractivity contribution >= 4 is 55.8 Å². The Labute approximate surface area is 180 Å². The second kappa shape index (κ2) is 6.99. The summed E-state index contributed by atoms with van der Waals surface area (Å²) in [6.45, 7) is 0. The number of para-hydroxylation sites is 2. The summed E-state index contributed by atoms with van der Waals surface area (Å²) >= 11 is 0. The fourth-order valence-corrected chi connectivity index (χ4v) is 3.94. The lowest BCUT2D eigenvalue weighted by Crippen LogP contribution is -2.25. The molecule has 0 atom stereocenters. The molecule has 0 bridgehead atoms. The summed E-state index contributed by atoms with van der Waals surface area (Å²) in [6, 6.07) is 25.0. The van der Waals surface area contributed by atoms with Crippen LogP contribution in [0.1, 0.15) is 0 Å². The number of carbonyl (C=O) groups excluding carboxylic acids is 2. The molecular weight excluding hydrogens is 408 g/mol. The van der Waals surface area contributed by atoms with Crippen LogP contribution in [0.2, 0.25) is 0 Å². The van der Waals surface area contributed by atoms with E-state index in [0.29, 0.717) is 33.1 Å². The van der Waals surface area contributed by atoms with Crippen molar-refractivity contribution in [1.82, 2.24) is 0 Å². The molecule has 154 valence electrons. The van der Waals surface area contributed by atoms with Gasteiger partial charge in [0.1, 0.15) is 33.8 Å². The molecule has 0 saturated carbocycles. The SMILES string of the molecule is O=C(Oc1cccc2oc3ccccc3c12)C(=O)Oc1cccc2oc3ccccc3c12. The normalized spacial score (nSPS) is 11.4. The summed E-state index contributed by atoms with van der Waals surface area (Å²) in [5.41, 5.74) is 2.43. The molecule has 6 nitrogen and oxygen atoms in total. The van der Waals surface area contributed by atoms with E-state index in [-0.39, 0.29) is 11.5 Å². The van der Waals surface area contributed by atoms with Gasteiger partial charge in [0.2, 0.25) is 0 Å². The van der Waals surface area contributed by atoms with Gasteiger partial charge in [0.05, 0.1) is 10.8 Å². The lowest BCUT2D eigenvalue weighted by molar-refractivity contribution is -0.156. The van der Waals surface area contributed by atoms with Gasteiger partial charge in [-0.25, -0.2) is 9.59 Å². The van der Waals surface area contributed by atoms with Crippen molar-refractivity contribution in [2.45, 2.75) is 0 Å². The Bertz CT molecular complexity index is 1540. The maximum Gasteiger partial charge on any atom is 0.423 e. The van der Waals surface area contributed by atoms with Gasteiger partial charge in [-0.15, -0.1) is 0 Å². The first-order chi connectivity index (χ1) is 15.7. The molecule has 0 N–H and O–H groups in total. The highest BCUT2D eigenvalue weighted by Crippen LogP contribution is 2.37. The first-order valence-corrected chi connectivity index (χ1v) is 9.93. The van der Waals surface area contributed by atoms with Crippen molar-refractivity contribution in [2.75, 3.05) is 0 Å². The molecule has 0 aliphatic heterocycles. The smallest absolute Gasteiger partial charge is 0.423 e. The highest BCUT2D eigenvalue weighted by Gasteiger charge is 2.23. The van der Waals surface area contributed by atoms with Crippen LogP contribution in [0.3, 0.4) is 0 Å². The molecule has 2 aromatic heterocycles. The number of fused-ring (bicyclic) bond motifs is 6. The third-order valence-electron chi connectivity index (χ3n) is 5.30. The van der Waals surface area contributed by atoms with E-state index in [1.807, 2.05) is 48.5 Å². The lowest BCUT2D eigenvalue weighted by atomic mass is 10.1. The number of benzene rings is 4. The van der Waals surface area contributed by atoms with Crippen molar-refractivity contribution in [3.8, 4) is 11.5 Å². The number of hydrogen-bond acceptors (Lipinski definition) is 6. The highest BCUT2D eigenvalue weighted by atomic mass is 16.6. The molecule has 2 heterocycles. The molecule has 4 aromatic carbocycles. The van der Waals surface area contributed by atoms with Gasteiger partial charge in [0.15, 0.2) is 0 Å². The minimum Gasteiger partial charge on any atom is -0.456 e. The van der Waals surface area contributed by atoms with E-state index in [4.69, 9.17) is 18.3 Å². The third-order valence-corrected chi connectivity index (χ3v) is 5.30. The van der Waals surface area contributed by atoms with E-state index in [9.17, 15) is 9.59 Å². The summed E-state index contributed by atoms with van der Waals surface area (Å²) in [7, 11) is 0. The standard InChI is InChI=1S/C26H14O6/c27-25(31-21-13-5-11-19-23(21)15-7-1-3-9-17(15)29-19)26(28)32-22-14-6-12-20-24(22)16-8-2-4-10-18(16)30-20/h1-14H. The van der Waals surface area contributed by atoms with Crippen molar-refractivity contribution in [3.63, 3.8) is 0 Å². The molecule has 32 heavy (non-hydrogen) atoms. The molecule has 0 aliphatic carbocycles. The molecule has 0 radical (unpaired) electrons. The van der Waals surface area contributed by atoms with Gasteiger partial charge in [-0.2, -0.15) is 0 Å². The Hall–Kier alpha value is -4.58. The first kappa shape index (κ1) is 18.2. The lowest BCUT2D eigenvalue weighted by Gasteiger charge is -2.07. The third kappa shape index (κ3) is 2.81. The van der Waals surface area contributed by atoms with Crippen molar-refractivity contribution in [2.24, 2.45) is 0 Å². The molecule has 6 aromatic rings. The molecule has 6 heteroatoms. The molecule has 6 rings (SSSR count). The topological polar surface area (TPSA) is 78.9 Å². The van der Waals surface area contributed by atoms with Crippen molar-refractivity contribution < 1.29 is 27.9 Å². The summed E-state index contributed by atoms with van der Waals surface area (Å²) in [5, 5.41) is 2.81. The minimum absolute atomic E-state index is 0.223. The number of furan rings is 2. The largest absolute Gasteiger partial charge is 0.456 e. The maximum absolute atomic E-state index is 12.6. The molecule has 0 saturated heterocycles. The van der Waals surface area contributed by atoms with E-state index >= 15 is 0 Å². The van der Waals surface area contributed by atoms with E-state index in [0.717, 1.165) is 10.8 Å². The van der Waals surface area contributed by atoms with Gasteiger partial charge in [-0.05, 0) is 36.4 Å². The van der Waals surface area contributed by atoms with Crippen LogP contribution in [0.5, 0.6) is 11.5 Å². The van der Waals surface area contributed by atoms with Crippen LogP contribution in [0.15, 0.2) is 93.8 Å². The fourth-order valence-electron chi connectivity index (χ4n) is 3.94. The van der Waals surface area contributed by atoms with Gasteiger partial charge in [0.25, 0.3) is 0 Å². The van der Waals surface area contributed by atoms with Gasteiger partial charge in [-0.1, -0.05) is 48.5 Å². The molecule has 0 fully saturated rings. The van der Waals surface area contributed by atoms with Crippen LogP contribution >= 0.6 is 0 Å². The zero-order valence-corrected chi connectivity index (χ0v) is 16.5. The average Bonchev–Trinajstić information content (AvgIpc) is 3.38. The van der Waals surface area contributed by atoms with Gasteiger partial charge in [0, 0.05) is 10.8 Å². The molecular formula is C26H14O6. The van der Waals surface area contributed by atoms with Crippen LogP contribution in [-0.4, -0.2) is 11.9 Å². The second-order valence-electron chi connectivity index (χ2n) is 7.23. The predicted octanol–water partition coefficient (Wildman–Crippen LogP) is 6.00. The zero-order chi connectivity index (χ0) is 21.7. The van der Waals surface area contributed by atoms with Crippen molar-refractivity contribution in [3.05, 3.63) is 84.9 Å². The average molecular weight is 422 g/mol.